The van der Waals surface area contributed by atoms with E-state index in [2.05, 4.69) is 17.4 Å². The number of benzene rings is 3. The zero-order valence-corrected chi connectivity index (χ0v) is 19.7. The monoisotopic (exact) mass is 472 g/mol. The summed E-state index contributed by atoms with van der Waals surface area (Å²) in [7, 11) is 1.56. The number of alkyl carbamates (subject to hydrolysis) is 1. The highest BCUT2D eigenvalue weighted by molar-refractivity contribution is 5.99. The van der Waals surface area contributed by atoms with Crippen molar-refractivity contribution in [3.05, 3.63) is 89.5 Å². The van der Waals surface area contributed by atoms with Crippen LogP contribution in [0.4, 0.5) is 10.5 Å². The Balaban J connectivity index is 1.44. The molecule has 2 amide bonds. The van der Waals surface area contributed by atoms with Gasteiger partial charge in [-0.15, -0.1) is 0 Å². The van der Waals surface area contributed by atoms with Gasteiger partial charge in [-0.05, 0) is 46.9 Å². The first-order valence-corrected chi connectivity index (χ1v) is 11.6. The molecule has 0 radical (unpaired) electrons. The lowest BCUT2D eigenvalue weighted by Crippen LogP contribution is -2.47. The molecule has 0 aliphatic heterocycles. The van der Waals surface area contributed by atoms with Crippen molar-refractivity contribution >= 4 is 23.7 Å². The number of fused-ring (bicyclic) bond motifs is 3. The van der Waals surface area contributed by atoms with Crippen molar-refractivity contribution in [2.24, 2.45) is 0 Å². The van der Waals surface area contributed by atoms with E-state index in [4.69, 9.17) is 4.74 Å². The van der Waals surface area contributed by atoms with Crippen molar-refractivity contribution in [1.29, 1.82) is 0 Å². The molecular formula is C28H28N2O5. The second-order valence-corrected chi connectivity index (χ2v) is 8.56. The van der Waals surface area contributed by atoms with E-state index < -0.39 is 18.1 Å². The van der Waals surface area contributed by atoms with Crippen LogP contribution in [-0.4, -0.2) is 42.8 Å². The van der Waals surface area contributed by atoms with Gasteiger partial charge in [-0.25, -0.2) is 9.59 Å². The summed E-state index contributed by atoms with van der Waals surface area (Å²) in [6.45, 7) is 2.08. The summed E-state index contributed by atoms with van der Waals surface area (Å²) >= 11 is 0. The molecule has 35 heavy (non-hydrogen) atoms. The molecule has 1 unspecified atom stereocenters. The van der Waals surface area contributed by atoms with Crippen LogP contribution in [0.5, 0.6) is 0 Å². The highest BCUT2D eigenvalue weighted by Gasteiger charge is 2.30. The summed E-state index contributed by atoms with van der Waals surface area (Å²) < 4.78 is 5.60. The molecule has 180 valence electrons. The van der Waals surface area contributed by atoms with Gasteiger partial charge >= 0.3 is 12.1 Å². The summed E-state index contributed by atoms with van der Waals surface area (Å²) in [5, 5.41) is 11.9. The van der Waals surface area contributed by atoms with Gasteiger partial charge in [0, 0.05) is 18.7 Å². The number of carboxylic acid groups (broad SMARTS) is 1. The quantitative estimate of drug-likeness (QED) is 0.478. The molecule has 7 heteroatoms. The molecule has 1 atom stereocenters. The molecule has 2 N–H and O–H groups in total. The first kappa shape index (κ1) is 24.0. The lowest BCUT2D eigenvalue weighted by atomic mass is 9.98. The van der Waals surface area contributed by atoms with Gasteiger partial charge < -0.3 is 20.1 Å². The summed E-state index contributed by atoms with van der Waals surface area (Å²) in [6, 6.07) is 21.5. The lowest BCUT2D eigenvalue weighted by molar-refractivity contribution is -0.120. The van der Waals surface area contributed by atoms with Gasteiger partial charge in [-0.3, -0.25) is 4.79 Å². The van der Waals surface area contributed by atoms with E-state index in [1.54, 1.807) is 19.2 Å². The smallest absolute Gasteiger partial charge is 0.407 e. The van der Waals surface area contributed by atoms with E-state index in [0.29, 0.717) is 18.5 Å². The summed E-state index contributed by atoms with van der Waals surface area (Å²) in [5.74, 6) is -1.49. The molecule has 0 saturated heterocycles. The minimum atomic E-state index is -1.07. The second-order valence-electron chi connectivity index (χ2n) is 8.56. The summed E-state index contributed by atoms with van der Waals surface area (Å²) in [5.41, 5.74) is 5.02. The van der Waals surface area contributed by atoms with Crippen LogP contribution in [0.1, 0.15) is 47.2 Å². The molecule has 0 saturated carbocycles. The molecule has 0 aromatic heterocycles. The average molecular weight is 473 g/mol. The molecule has 0 bridgehead atoms. The fraction of sp³-hybridized carbons (Fsp3) is 0.250. The molecule has 7 nitrogen and oxygen atoms in total. The van der Waals surface area contributed by atoms with E-state index in [1.807, 2.05) is 43.3 Å². The number of ether oxygens (including phenoxy) is 1. The van der Waals surface area contributed by atoms with Crippen LogP contribution in [0, 0.1) is 0 Å². The van der Waals surface area contributed by atoms with Crippen LogP contribution in [0.15, 0.2) is 72.8 Å². The van der Waals surface area contributed by atoms with Gasteiger partial charge in [-0.2, -0.15) is 0 Å². The van der Waals surface area contributed by atoms with Crippen LogP contribution in [0.2, 0.25) is 0 Å². The van der Waals surface area contributed by atoms with Gasteiger partial charge in [0.1, 0.15) is 12.6 Å². The molecular weight excluding hydrogens is 444 g/mol. The summed E-state index contributed by atoms with van der Waals surface area (Å²) in [4.78, 5) is 38.5. The number of nitrogens with one attached hydrogen (secondary N) is 1. The van der Waals surface area contributed by atoms with Gasteiger partial charge in [-0.1, -0.05) is 67.9 Å². The highest BCUT2D eigenvalue weighted by Crippen LogP contribution is 2.44. The van der Waals surface area contributed by atoms with Crippen LogP contribution < -0.4 is 10.2 Å². The third kappa shape index (κ3) is 5.04. The molecule has 0 spiro atoms. The highest BCUT2D eigenvalue weighted by atomic mass is 16.5. The first-order chi connectivity index (χ1) is 16.9. The Morgan fingerprint density at radius 3 is 2.20 bits per heavy atom. The number of amides is 2. The number of hydrogen-bond acceptors (Lipinski definition) is 4. The average Bonchev–Trinajstić information content (AvgIpc) is 3.20. The normalized spacial score (nSPS) is 12.9. The predicted octanol–water partition coefficient (Wildman–Crippen LogP) is 5.06. The zero-order valence-electron chi connectivity index (χ0n) is 19.7. The number of carboxylic acids is 1. The number of carbonyl (C=O) groups excluding carboxylic acids is 2. The minimum Gasteiger partial charge on any atom is -0.478 e. The van der Waals surface area contributed by atoms with Crippen LogP contribution >= 0.6 is 0 Å². The van der Waals surface area contributed by atoms with Crippen LogP contribution in [0.3, 0.4) is 0 Å². The van der Waals surface area contributed by atoms with Crippen molar-refractivity contribution in [1.82, 2.24) is 5.32 Å². The van der Waals surface area contributed by atoms with E-state index >= 15 is 0 Å². The standard InChI is InChI=1S/C28H28N2O5/c1-3-9-25(26(31)30(2)19-11-8-10-18(16-19)27(32)33)29-28(34)35-17-24-22-14-6-4-12-20(22)21-13-5-7-15-23(21)24/h4-8,10-16,24-25H,3,9,17H2,1-2H3,(H,29,34)(H,32,33). The third-order valence-corrected chi connectivity index (χ3v) is 6.32. The number of anilines is 1. The van der Waals surface area contributed by atoms with E-state index in [9.17, 15) is 19.5 Å². The molecule has 1 aliphatic carbocycles. The zero-order chi connectivity index (χ0) is 24.9. The Morgan fingerprint density at radius 1 is 0.971 bits per heavy atom. The number of hydrogen-bond donors (Lipinski definition) is 2. The Morgan fingerprint density at radius 2 is 1.60 bits per heavy atom. The van der Waals surface area contributed by atoms with Gasteiger partial charge in [0.25, 0.3) is 0 Å². The molecule has 3 aromatic rings. The summed E-state index contributed by atoms with van der Waals surface area (Å²) in [6.07, 6.45) is 0.432. The second kappa shape index (κ2) is 10.4. The minimum absolute atomic E-state index is 0.0742. The van der Waals surface area contributed by atoms with Crippen molar-refractivity contribution in [2.45, 2.75) is 31.7 Å². The van der Waals surface area contributed by atoms with Gasteiger partial charge in [0.05, 0.1) is 5.56 Å². The molecule has 1 aliphatic rings. The molecule has 4 rings (SSSR count). The maximum Gasteiger partial charge on any atom is 0.407 e. The SMILES string of the molecule is CCCC(NC(=O)OCC1c2ccccc2-c2ccccc21)C(=O)N(C)c1cccc(C(=O)O)c1. The van der Waals surface area contributed by atoms with E-state index in [0.717, 1.165) is 22.3 Å². The number of likely N-dealkylation sites (N-methyl/N-ethyl adjacent to an activating group) is 1. The van der Waals surface area contributed by atoms with Crippen LogP contribution in [-0.2, 0) is 9.53 Å². The Hall–Kier alpha value is -4.13. The van der Waals surface area contributed by atoms with Crippen molar-refractivity contribution in [2.75, 3.05) is 18.6 Å². The van der Waals surface area contributed by atoms with E-state index in [1.165, 1.54) is 17.0 Å². The Kier molecular flexibility index (Phi) is 7.15. The number of carbonyl (C=O) groups is 3. The molecule has 0 fully saturated rings. The number of nitrogens with zero attached hydrogens (tertiary/aromatic N) is 1. The maximum atomic E-state index is 13.1. The largest absolute Gasteiger partial charge is 0.478 e. The van der Waals surface area contributed by atoms with Gasteiger partial charge in [0.2, 0.25) is 5.91 Å². The third-order valence-electron chi connectivity index (χ3n) is 6.32. The number of aromatic carboxylic acids is 1. The molecule has 3 aromatic carbocycles. The van der Waals surface area contributed by atoms with Crippen LogP contribution in [0.25, 0.3) is 11.1 Å². The molecule has 0 heterocycles. The Bertz CT molecular complexity index is 1210. The number of rotatable bonds is 8. The van der Waals surface area contributed by atoms with E-state index in [-0.39, 0.29) is 24.0 Å². The fourth-order valence-corrected chi connectivity index (χ4v) is 4.54. The first-order valence-electron chi connectivity index (χ1n) is 11.6. The van der Waals surface area contributed by atoms with Gasteiger partial charge in [0.15, 0.2) is 0 Å². The maximum absolute atomic E-state index is 13.1. The van der Waals surface area contributed by atoms with Crippen molar-refractivity contribution in [3.8, 4) is 11.1 Å². The topological polar surface area (TPSA) is 95.9 Å². The predicted molar refractivity (Wildman–Crippen MR) is 134 cm³/mol. The van der Waals surface area contributed by atoms with Crippen molar-refractivity contribution < 1.29 is 24.2 Å². The van der Waals surface area contributed by atoms with Crippen molar-refractivity contribution in [3.63, 3.8) is 0 Å². The lowest BCUT2D eigenvalue weighted by Gasteiger charge is -2.25. The fourth-order valence-electron chi connectivity index (χ4n) is 4.54. The Labute approximate surface area is 204 Å².